The first kappa shape index (κ1) is 26.9. The minimum atomic E-state index is -0.505. The second-order valence-corrected chi connectivity index (χ2v) is 9.68. The molecule has 2 amide bonds. The van der Waals surface area contributed by atoms with E-state index in [1.807, 2.05) is 54.3 Å². The van der Waals surface area contributed by atoms with E-state index < -0.39 is 17.8 Å². The molecule has 0 spiro atoms. The molecule has 1 fully saturated rings. The van der Waals surface area contributed by atoms with Gasteiger partial charge in [-0.25, -0.2) is 8.78 Å². The van der Waals surface area contributed by atoms with E-state index in [-0.39, 0.29) is 23.8 Å². The predicted molar refractivity (Wildman–Crippen MR) is 149 cm³/mol. The maximum absolute atomic E-state index is 13.9. The fourth-order valence-electron chi connectivity index (χ4n) is 4.78. The quantitative estimate of drug-likeness (QED) is 0.330. The molecule has 1 atom stereocenters. The van der Waals surface area contributed by atoms with Crippen LogP contribution in [-0.4, -0.2) is 64.5 Å². The fourth-order valence-corrected chi connectivity index (χ4v) is 4.78. The highest BCUT2D eigenvalue weighted by Gasteiger charge is 2.29. The Kier molecular flexibility index (Phi) is 8.10. The van der Waals surface area contributed by atoms with Gasteiger partial charge >= 0.3 is 0 Å². The molecule has 204 valence electrons. The molecular formula is C31H29F2N5O2. The second-order valence-electron chi connectivity index (χ2n) is 9.68. The lowest BCUT2D eigenvalue weighted by atomic mass is 10.1. The molecule has 0 radical (unpaired) electrons. The van der Waals surface area contributed by atoms with E-state index >= 15 is 0 Å². The van der Waals surface area contributed by atoms with Crippen molar-refractivity contribution in [2.75, 3.05) is 37.6 Å². The van der Waals surface area contributed by atoms with Crippen molar-refractivity contribution in [2.24, 2.45) is 0 Å². The molecule has 5 rings (SSSR count). The lowest BCUT2D eigenvalue weighted by Gasteiger charge is -2.37. The summed E-state index contributed by atoms with van der Waals surface area (Å²) in [6.07, 6.45) is 0. The standard InChI is InChI=1S/C31H29F2N5O2/c1-22(23-6-3-2-4-7-23)38(31(40)25-8-5-9-27(33)20-25)21-30(39)37-18-16-36(17-19-37)29-15-14-28(34-35-29)24-10-12-26(32)13-11-24/h2-15,20,22H,16-19,21H2,1H3/t22-/m1/s1. The third kappa shape index (κ3) is 6.14. The number of carbonyl (C=O) groups excluding carboxylic acids is 2. The smallest absolute Gasteiger partial charge is 0.254 e. The van der Waals surface area contributed by atoms with Gasteiger partial charge in [-0.2, -0.15) is 0 Å². The van der Waals surface area contributed by atoms with E-state index in [0.29, 0.717) is 37.7 Å². The monoisotopic (exact) mass is 541 g/mol. The number of hydrogen-bond donors (Lipinski definition) is 0. The van der Waals surface area contributed by atoms with Crippen molar-refractivity contribution in [3.05, 3.63) is 114 Å². The van der Waals surface area contributed by atoms with E-state index in [0.717, 1.165) is 11.1 Å². The van der Waals surface area contributed by atoms with Crippen LogP contribution in [0.15, 0.2) is 91.0 Å². The molecule has 1 aliphatic heterocycles. The molecule has 7 nitrogen and oxygen atoms in total. The molecule has 1 aromatic heterocycles. The lowest BCUT2D eigenvalue weighted by molar-refractivity contribution is -0.132. The molecule has 1 aliphatic rings. The SMILES string of the molecule is C[C@H](c1ccccc1)N(CC(=O)N1CCN(c2ccc(-c3ccc(F)cc3)nn2)CC1)C(=O)c1cccc(F)c1. The number of carbonyl (C=O) groups is 2. The summed E-state index contributed by atoms with van der Waals surface area (Å²) in [7, 11) is 0. The number of hydrogen-bond acceptors (Lipinski definition) is 5. The summed E-state index contributed by atoms with van der Waals surface area (Å²) >= 11 is 0. The summed E-state index contributed by atoms with van der Waals surface area (Å²) < 4.78 is 27.1. The van der Waals surface area contributed by atoms with Gasteiger partial charge < -0.3 is 14.7 Å². The summed E-state index contributed by atoms with van der Waals surface area (Å²) in [6.45, 7) is 3.78. The van der Waals surface area contributed by atoms with Crippen LogP contribution in [0.2, 0.25) is 0 Å². The number of nitrogens with zero attached hydrogens (tertiary/aromatic N) is 5. The van der Waals surface area contributed by atoms with Crippen LogP contribution in [0.4, 0.5) is 14.6 Å². The fraction of sp³-hybridized carbons (Fsp3) is 0.226. The lowest BCUT2D eigenvalue weighted by Crippen LogP contribution is -2.52. The van der Waals surface area contributed by atoms with Gasteiger partial charge in [0.05, 0.1) is 11.7 Å². The van der Waals surface area contributed by atoms with Crippen LogP contribution in [0.3, 0.4) is 0 Å². The van der Waals surface area contributed by atoms with Gasteiger partial charge in [-0.1, -0.05) is 36.4 Å². The molecule has 0 saturated carbocycles. The summed E-state index contributed by atoms with van der Waals surface area (Å²) in [5, 5.41) is 8.62. The zero-order valence-corrected chi connectivity index (χ0v) is 22.1. The largest absolute Gasteiger partial charge is 0.352 e. The van der Waals surface area contributed by atoms with Gasteiger partial charge in [0.2, 0.25) is 5.91 Å². The molecule has 0 N–H and O–H groups in total. The number of piperazine rings is 1. The van der Waals surface area contributed by atoms with E-state index in [9.17, 15) is 18.4 Å². The van der Waals surface area contributed by atoms with Crippen molar-refractivity contribution in [1.82, 2.24) is 20.0 Å². The highest BCUT2D eigenvalue weighted by molar-refractivity contribution is 5.96. The highest BCUT2D eigenvalue weighted by atomic mass is 19.1. The first-order valence-corrected chi connectivity index (χ1v) is 13.1. The van der Waals surface area contributed by atoms with Crippen LogP contribution >= 0.6 is 0 Å². The summed E-state index contributed by atoms with van der Waals surface area (Å²) in [5.41, 5.74) is 2.50. The number of halogens is 2. The summed E-state index contributed by atoms with van der Waals surface area (Å²) in [5.74, 6) is -0.700. The minimum absolute atomic E-state index is 0.127. The van der Waals surface area contributed by atoms with Gasteiger partial charge in [0.1, 0.15) is 18.2 Å². The Morgan fingerprint density at radius 1 is 0.825 bits per heavy atom. The Labute approximate surface area is 231 Å². The van der Waals surface area contributed by atoms with Crippen molar-refractivity contribution in [1.29, 1.82) is 0 Å². The molecule has 1 saturated heterocycles. The van der Waals surface area contributed by atoms with Crippen LogP contribution in [-0.2, 0) is 4.79 Å². The highest BCUT2D eigenvalue weighted by Crippen LogP contribution is 2.24. The first-order valence-electron chi connectivity index (χ1n) is 13.1. The van der Waals surface area contributed by atoms with Crippen molar-refractivity contribution >= 4 is 17.6 Å². The molecule has 4 aromatic rings. The molecular weight excluding hydrogens is 512 g/mol. The van der Waals surface area contributed by atoms with Crippen LogP contribution in [0.1, 0.15) is 28.9 Å². The van der Waals surface area contributed by atoms with Gasteiger partial charge in [-0.05, 0) is 67.1 Å². The zero-order valence-electron chi connectivity index (χ0n) is 22.1. The Morgan fingerprint density at radius 3 is 2.20 bits per heavy atom. The second kappa shape index (κ2) is 12.0. The number of anilines is 1. The van der Waals surface area contributed by atoms with Crippen molar-refractivity contribution in [2.45, 2.75) is 13.0 Å². The van der Waals surface area contributed by atoms with Crippen molar-refractivity contribution in [3.8, 4) is 11.3 Å². The predicted octanol–water partition coefficient (Wildman–Crippen LogP) is 4.97. The Hall–Kier alpha value is -4.66. The van der Waals surface area contributed by atoms with Crippen LogP contribution in [0.25, 0.3) is 11.3 Å². The Morgan fingerprint density at radius 2 is 1.55 bits per heavy atom. The van der Waals surface area contributed by atoms with Crippen LogP contribution < -0.4 is 4.90 Å². The van der Waals surface area contributed by atoms with Crippen molar-refractivity contribution in [3.63, 3.8) is 0 Å². The molecule has 40 heavy (non-hydrogen) atoms. The maximum Gasteiger partial charge on any atom is 0.254 e. The number of rotatable bonds is 7. The normalized spacial score (nSPS) is 14.1. The van der Waals surface area contributed by atoms with Gasteiger partial charge in [0.15, 0.2) is 5.82 Å². The van der Waals surface area contributed by atoms with Gasteiger partial charge in [0.25, 0.3) is 5.91 Å². The Balaban J connectivity index is 1.25. The van der Waals surface area contributed by atoms with Gasteiger partial charge in [0, 0.05) is 37.3 Å². The number of aromatic nitrogens is 2. The van der Waals surface area contributed by atoms with Crippen LogP contribution in [0.5, 0.6) is 0 Å². The number of amides is 2. The average molecular weight is 542 g/mol. The molecule has 0 bridgehead atoms. The first-order chi connectivity index (χ1) is 19.4. The van der Waals surface area contributed by atoms with E-state index in [2.05, 4.69) is 10.2 Å². The maximum atomic E-state index is 13.9. The zero-order chi connectivity index (χ0) is 28.1. The molecule has 9 heteroatoms. The number of benzene rings is 3. The van der Waals surface area contributed by atoms with Gasteiger partial charge in [-0.15, -0.1) is 10.2 Å². The molecule has 0 unspecified atom stereocenters. The third-order valence-corrected chi connectivity index (χ3v) is 7.13. The topological polar surface area (TPSA) is 69.6 Å². The van der Waals surface area contributed by atoms with Crippen LogP contribution in [0, 0.1) is 11.6 Å². The summed E-state index contributed by atoms with van der Waals surface area (Å²) in [6, 6.07) is 24.4. The molecule has 3 aromatic carbocycles. The van der Waals surface area contributed by atoms with E-state index in [1.165, 1.54) is 35.2 Å². The van der Waals surface area contributed by atoms with Gasteiger partial charge in [-0.3, -0.25) is 9.59 Å². The third-order valence-electron chi connectivity index (χ3n) is 7.13. The summed E-state index contributed by atoms with van der Waals surface area (Å²) in [4.78, 5) is 32.1. The Bertz CT molecular complexity index is 1460. The molecule has 2 heterocycles. The average Bonchev–Trinajstić information content (AvgIpc) is 3.00. The molecule has 0 aliphatic carbocycles. The minimum Gasteiger partial charge on any atom is -0.352 e. The van der Waals surface area contributed by atoms with E-state index in [1.54, 1.807) is 23.1 Å². The van der Waals surface area contributed by atoms with E-state index in [4.69, 9.17) is 0 Å². The van der Waals surface area contributed by atoms with Crippen molar-refractivity contribution < 1.29 is 18.4 Å².